The summed E-state index contributed by atoms with van der Waals surface area (Å²) in [6.07, 6.45) is 7.41. The second kappa shape index (κ2) is 7.21. The molecule has 114 valence electrons. The number of likely N-dealkylation sites (N-methyl/N-ethyl adjacent to an activating group) is 1. The van der Waals surface area contributed by atoms with Gasteiger partial charge in [0.2, 0.25) is 5.89 Å². The van der Waals surface area contributed by atoms with Crippen LogP contribution in [0, 0.1) is 5.92 Å². The maximum Gasteiger partial charge on any atom is 0.231 e. The molecule has 0 aliphatic heterocycles. The molecular formula is C16H29N3O. The summed E-state index contributed by atoms with van der Waals surface area (Å²) in [5.74, 6) is 3.41. The Morgan fingerprint density at radius 2 is 2.15 bits per heavy atom. The lowest BCUT2D eigenvalue weighted by atomic mass is 9.80. The molecule has 1 aliphatic carbocycles. The quantitative estimate of drug-likeness (QED) is 0.859. The van der Waals surface area contributed by atoms with Crippen molar-refractivity contribution in [2.24, 2.45) is 5.92 Å². The number of rotatable bonds is 6. The predicted octanol–water partition coefficient (Wildman–Crippen LogP) is 3.85. The molecule has 1 fully saturated rings. The van der Waals surface area contributed by atoms with Gasteiger partial charge in [0.25, 0.3) is 0 Å². The van der Waals surface area contributed by atoms with E-state index >= 15 is 0 Å². The molecular weight excluding hydrogens is 250 g/mol. The zero-order valence-corrected chi connectivity index (χ0v) is 13.4. The Morgan fingerprint density at radius 3 is 2.80 bits per heavy atom. The van der Waals surface area contributed by atoms with Crippen molar-refractivity contribution in [3.63, 3.8) is 0 Å². The van der Waals surface area contributed by atoms with Crippen molar-refractivity contribution >= 4 is 0 Å². The summed E-state index contributed by atoms with van der Waals surface area (Å²) in [4.78, 5) is 4.73. The molecule has 1 heterocycles. The van der Waals surface area contributed by atoms with Crippen LogP contribution in [0.3, 0.4) is 0 Å². The third kappa shape index (κ3) is 3.40. The van der Waals surface area contributed by atoms with Gasteiger partial charge in [-0.3, -0.25) is 0 Å². The topological polar surface area (TPSA) is 51.0 Å². The highest BCUT2D eigenvalue weighted by molar-refractivity contribution is 5.03. The van der Waals surface area contributed by atoms with E-state index in [2.05, 4.69) is 31.2 Å². The van der Waals surface area contributed by atoms with Gasteiger partial charge in [-0.05, 0) is 39.2 Å². The lowest BCUT2D eigenvalue weighted by molar-refractivity contribution is 0.292. The van der Waals surface area contributed by atoms with Crippen LogP contribution in [0.1, 0.15) is 82.8 Å². The van der Waals surface area contributed by atoms with E-state index in [9.17, 15) is 0 Å². The fourth-order valence-electron chi connectivity index (χ4n) is 3.40. The van der Waals surface area contributed by atoms with E-state index in [1.54, 1.807) is 0 Å². The van der Waals surface area contributed by atoms with Crippen LogP contribution in [0.5, 0.6) is 0 Å². The van der Waals surface area contributed by atoms with Crippen molar-refractivity contribution in [3.8, 4) is 0 Å². The molecule has 0 saturated heterocycles. The molecule has 20 heavy (non-hydrogen) atoms. The molecule has 4 nitrogen and oxygen atoms in total. The van der Waals surface area contributed by atoms with Gasteiger partial charge in [0.15, 0.2) is 5.82 Å². The van der Waals surface area contributed by atoms with E-state index in [1.165, 1.54) is 32.1 Å². The molecule has 0 radical (unpaired) electrons. The van der Waals surface area contributed by atoms with E-state index in [0.717, 1.165) is 24.1 Å². The number of nitrogens with one attached hydrogen (secondary N) is 1. The van der Waals surface area contributed by atoms with Crippen molar-refractivity contribution in [3.05, 3.63) is 11.7 Å². The third-order valence-corrected chi connectivity index (χ3v) is 5.00. The molecule has 2 rings (SSSR count). The Bertz CT molecular complexity index is 404. The van der Waals surface area contributed by atoms with Crippen molar-refractivity contribution < 1.29 is 4.52 Å². The van der Waals surface area contributed by atoms with Gasteiger partial charge in [-0.15, -0.1) is 0 Å². The number of nitrogens with zero attached hydrogens (tertiary/aromatic N) is 2. The van der Waals surface area contributed by atoms with Crippen molar-refractivity contribution in [1.29, 1.82) is 0 Å². The van der Waals surface area contributed by atoms with Crippen molar-refractivity contribution in [2.75, 3.05) is 7.05 Å². The highest BCUT2D eigenvalue weighted by Gasteiger charge is 2.28. The molecule has 1 aromatic heterocycles. The highest BCUT2D eigenvalue weighted by atomic mass is 16.5. The number of hydrogen-bond donors (Lipinski definition) is 1. The van der Waals surface area contributed by atoms with Crippen molar-refractivity contribution in [1.82, 2.24) is 15.5 Å². The summed E-state index contributed by atoms with van der Waals surface area (Å²) in [6, 6.07) is 0.364. The third-order valence-electron chi connectivity index (χ3n) is 5.00. The van der Waals surface area contributed by atoms with Gasteiger partial charge in [0, 0.05) is 12.0 Å². The molecule has 1 N–H and O–H groups in total. The molecule has 4 heteroatoms. The minimum absolute atomic E-state index is 0.312. The minimum Gasteiger partial charge on any atom is -0.339 e. The minimum atomic E-state index is 0.312. The Kier molecular flexibility index (Phi) is 5.58. The first-order valence-electron chi connectivity index (χ1n) is 8.20. The van der Waals surface area contributed by atoms with Crippen LogP contribution in [0.15, 0.2) is 4.52 Å². The zero-order valence-electron chi connectivity index (χ0n) is 13.4. The van der Waals surface area contributed by atoms with Crippen molar-refractivity contribution in [2.45, 2.75) is 77.2 Å². The fourth-order valence-corrected chi connectivity index (χ4v) is 3.40. The molecule has 1 saturated carbocycles. The first-order chi connectivity index (χ1) is 9.69. The Labute approximate surface area is 122 Å². The first kappa shape index (κ1) is 15.5. The van der Waals surface area contributed by atoms with Gasteiger partial charge < -0.3 is 9.84 Å². The normalized spacial score (nSPS) is 26.4. The van der Waals surface area contributed by atoms with Crippen LogP contribution in [-0.4, -0.2) is 23.2 Å². The summed E-state index contributed by atoms with van der Waals surface area (Å²) in [7, 11) is 1.98. The summed E-state index contributed by atoms with van der Waals surface area (Å²) < 4.78 is 5.56. The van der Waals surface area contributed by atoms with Crippen LogP contribution in [0.4, 0.5) is 0 Å². The fraction of sp³-hybridized carbons (Fsp3) is 0.875. The van der Waals surface area contributed by atoms with E-state index in [0.29, 0.717) is 17.9 Å². The number of hydrogen-bond acceptors (Lipinski definition) is 4. The molecule has 1 aliphatic rings. The smallest absolute Gasteiger partial charge is 0.231 e. The molecule has 0 spiro atoms. The second-order valence-electron chi connectivity index (χ2n) is 6.22. The van der Waals surface area contributed by atoms with Crippen LogP contribution >= 0.6 is 0 Å². The average molecular weight is 279 g/mol. The van der Waals surface area contributed by atoms with Crippen LogP contribution in [-0.2, 0) is 0 Å². The predicted molar refractivity (Wildman–Crippen MR) is 80.8 cm³/mol. The molecule has 4 atom stereocenters. The maximum absolute atomic E-state index is 5.56. The van der Waals surface area contributed by atoms with Gasteiger partial charge in [-0.1, -0.05) is 38.3 Å². The standard InChI is InChI=1S/C16H29N3O/c1-5-12-8-7-9-13(10-12)15-18-16(20-19-15)14(6-2)11(3)17-4/h11-14,17H,5-10H2,1-4H3. The first-order valence-corrected chi connectivity index (χ1v) is 8.20. The zero-order chi connectivity index (χ0) is 14.5. The monoisotopic (exact) mass is 279 g/mol. The maximum atomic E-state index is 5.56. The largest absolute Gasteiger partial charge is 0.339 e. The van der Waals surface area contributed by atoms with Gasteiger partial charge in [-0.25, -0.2) is 0 Å². The molecule has 0 amide bonds. The molecule has 1 aromatic rings. The van der Waals surface area contributed by atoms with E-state index in [4.69, 9.17) is 9.51 Å². The van der Waals surface area contributed by atoms with E-state index in [1.807, 2.05) is 7.05 Å². The molecule has 0 aromatic carbocycles. The van der Waals surface area contributed by atoms with Gasteiger partial charge in [0.1, 0.15) is 0 Å². The van der Waals surface area contributed by atoms with Gasteiger partial charge >= 0.3 is 0 Å². The molecule has 4 unspecified atom stereocenters. The van der Waals surface area contributed by atoms with Crippen LogP contribution in [0.25, 0.3) is 0 Å². The van der Waals surface area contributed by atoms with Gasteiger partial charge in [-0.2, -0.15) is 4.98 Å². The number of aromatic nitrogens is 2. The Morgan fingerprint density at radius 1 is 1.35 bits per heavy atom. The summed E-state index contributed by atoms with van der Waals surface area (Å²) in [5.41, 5.74) is 0. The van der Waals surface area contributed by atoms with Crippen LogP contribution < -0.4 is 5.32 Å². The summed E-state index contributed by atoms with van der Waals surface area (Å²) in [6.45, 7) is 6.64. The highest BCUT2D eigenvalue weighted by Crippen LogP contribution is 2.36. The Balaban J connectivity index is 2.07. The second-order valence-corrected chi connectivity index (χ2v) is 6.22. The lowest BCUT2D eigenvalue weighted by Gasteiger charge is -2.26. The summed E-state index contributed by atoms with van der Waals surface area (Å²) in [5, 5.41) is 7.57. The van der Waals surface area contributed by atoms with Crippen LogP contribution in [0.2, 0.25) is 0 Å². The molecule has 0 bridgehead atoms. The lowest BCUT2D eigenvalue weighted by Crippen LogP contribution is -2.28. The van der Waals surface area contributed by atoms with E-state index < -0.39 is 0 Å². The summed E-state index contributed by atoms with van der Waals surface area (Å²) >= 11 is 0. The Hall–Kier alpha value is -0.900. The van der Waals surface area contributed by atoms with E-state index in [-0.39, 0.29) is 0 Å². The van der Waals surface area contributed by atoms with Gasteiger partial charge in [0.05, 0.1) is 5.92 Å². The average Bonchev–Trinajstić information content (AvgIpc) is 2.97. The SMILES string of the molecule is CCC1CCCC(c2noc(C(CC)C(C)NC)n2)C1.